The number of benzene rings is 4. The number of hydrogen-bond acceptors (Lipinski definition) is 2. The number of nitrogens with zero attached hydrogens (tertiary/aromatic N) is 2. The van der Waals surface area contributed by atoms with E-state index in [1.54, 1.807) is 0 Å². The van der Waals surface area contributed by atoms with Crippen molar-refractivity contribution in [3.63, 3.8) is 0 Å². The normalized spacial score (nSPS) is 24.4. The quantitative estimate of drug-likeness (QED) is 0.192. The van der Waals surface area contributed by atoms with Gasteiger partial charge in [-0.05, 0) is 84.0 Å². The smallest absolute Gasteiger partial charge is 0.128 e. The van der Waals surface area contributed by atoms with Crippen LogP contribution in [-0.4, -0.2) is 21.3 Å². The van der Waals surface area contributed by atoms with Crippen molar-refractivity contribution < 1.29 is 0 Å². The molecule has 1 aromatic heterocycles. The van der Waals surface area contributed by atoms with E-state index in [1.807, 2.05) is 0 Å². The third kappa shape index (κ3) is 3.76. The predicted octanol–water partition coefficient (Wildman–Crippen LogP) is 8.00. The van der Waals surface area contributed by atoms with Gasteiger partial charge in [-0.15, -0.1) is 0 Å². The summed E-state index contributed by atoms with van der Waals surface area (Å²) in [4.78, 5) is 5.28. The zero-order valence-corrected chi connectivity index (χ0v) is 26.0. The lowest BCUT2D eigenvalue weighted by Gasteiger charge is -2.34. The molecule has 0 amide bonds. The maximum absolute atomic E-state index is 5.28. The van der Waals surface area contributed by atoms with E-state index in [9.17, 15) is 0 Å². The van der Waals surface area contributed by atoms with Crippen molar-refractivity contribution in [1.82, 2.24) is 14.9 Å². The molecule has 0 saturated heterocycles. The second-order valence-corrected chi connectivity index (χ2v) is 15.4. The van der Waals surface area contributed by atoms with Crippen LogP contribution in [0.15, 0.2) is 97.1 Å². The number of imidazole rings is 1. The Kier molecular flexibility index (Phi) is 6.22. The number of nitrogens with one attached hydrogen (secondary N) is 1. The highest BCUT2D eigenvalue weighted by Crippen LogP contribution is 2.79. The molecule has 1 aliphatic heterocycles. The van der Waals surface area contributed by atoms with Gasteiger partial charge in [-0.2, -0.15) is 0 Å². The van der Waals surface area contributed by atoms with Crippen LogP contribution in [0.3, 0.4) is 0 Å². The second kappa shape index (κ2) is 9.90. The average Bonchev–Trinajstić information content (AvgIpc) is 3.27. The van der Waals surface area contributed by atoms with Gasteiger partial charge in [0.2, 0.25) is 0 Å². The second-order valence-electron chi connectivity index (χ2n) is 13.1. The van der Waals surface area contributed by atoms with E-state index in [-0.39, 0.29) is 0 Å². The van der Waals surface area contributed by atoms with Crippen LogP contribution >= 0.6 is 7.92 Å². The molecule has 0 radical (unpaired) electrons. The highest BCUT2D eigenvalue weighted by atomic mass is 31.1. The summed E-state index contributed by atoms with van der Waals surface area (Å²) >= 11 is 0. The predicted molar refractivity (Wildman–Crippen MR) is 177 cm³/mol. The summed E-state index contributed by atoms with van der Waals surface area (Å²) in [6.45, 7) is 10.2. The third-order valence-electron chi connectivity index (χ3n) is 10.8. The molecule has 5 atom stereocenters. The van der Waals surface area contributed by atoms with Crippen LogP contribution in [0.2, 0.25) is 0 Å². The zero-order valence-electron chi connectivity index (χ0n) is 25.1. The van der Waals surface area contributed by atoms with Crippen molar-refractivity contribution in [1.29, 1.82) is 0 Å². The molecule has 4 heteroatoms. The van der Waals surface area contributed by atoms with E-state index >= 15 is 0 Å². The monoisotopic (exact) mass is 569 g/mol. The summed E-state index contributed by atoms with van der Waals surface area (Å²) in [5.74, 6) is 2.77. The minimum atomic E-state index is -0.394. The molecule has 3 unspecified atom stereocenters. The van der Waals surface area contributed by atoms with E-state index in [1.165, 1.54) is 51.3 Å². The van der Waals surface area contributed by atoms with Gasteiger partial charge in [-0.25, -0.2) is 4.98 Å². The molecule has 2 aliphatic carbocycles. The van der Waals surface area contributed by atoms with Gasteiger partial charge >= 0.3 is 0 Å². The summed E-state index contributed by atoms with van der Waals surface area (Å²) in [6, 6.07) is 36.7. The lowest BCUT2D eigenvalue weighted by atomic mass is 9.79. The van der Waals surface area contributed by atoms with E-state index in [4.69, 9.17) is 4.98 Å². The maximum atomic E-state index is 5.28. The molecule has 212 valence electrons. The molecule has 0 bridgehead atoms. The number of aromatic nitrogens is 2. The van der Waals surface area contributed by atoms with Crippen LogP contribution in [0.5, 0.6) is 0 Å². The number of para-hydroxylation sites is 2. The Labute approximate surface area is 251 Å². The molecular formula is C38H40N3P. The van der Waals surface area contributed by atoms with Crippen molar-refractivity contribution in [2.24, 2.45) is 11.3 Å². The van der Waals surface area contributed by atoms with Crippen LogP contribution in [0.1, 0.15) is 74.9 Å². The van der Waals surface area contributed by atoms with Gasteiger partial charge in [0, 0.05) is 12.0 Å². The maximum Gasteiger partial charge on any atom is 0.128 e. The SMILES string of the molecule is CC(C)c1cccc2c1-n1c(CN[C@@H](C)C34CCC3[C@H]4P(c3ccccc3)c3ccccc3)nc3cccc(c31)C2C. The molecule has 5 aromatic rings. The first-order valence-corrected chi connectivity index (χ1v) is 17.2. The highest BCUT2D eigenvalue weighted by Gasteiger charge is 2.74. The summed E-state index contributed by atoms with van der Waals surface area (Å²) in [7, 11) is -0.394. The molecule has 3 aliphatic rings. The zero-order chi connectivity index (χ0) is 28.6. The molecular weight excluding hydrogens is 529 g/mol. The Bertz CT molecular complexity index is 1740. The molecule has 4 aromatic carbocycles. The molecule has 1 N–H and O–H groups in total. The molecule has 2 heterocycles. The van der Waals surface area contributed by atoms with Crippen LogP contribution in [-0.2, 0) is 6.54 Å². The van der Waals surface area contributed by atoms with Crippen molar-refractivity contribution in [3.05, 3.63) is 120 Å². The summed E-state index contributed by atoms with van der Waals surface area (Å²) < 4.78 is 2.51. The van der Waals surface area contributed by atoms with Crippen molar-refractivity contribution >= 4 is 29.6 Å². The number of rotatable bonds is 8. The van der Waals surface area contributed by atoms with E-state index in [0.717, 1.165) is 29.5 Å². The number of hydrogen-bond donors (Lipinski definition) is 1. The van der Waals surface area contributed by atoms with E-state index in [0.29, 0.717) is 23.3 Å². The number of fused-ring (bicyclic) bond motifs is 3. The molecule has 2 saturated carbocycles. The van der Waals surface area contributed by atoms with Crippen LogP contribution in [0.25, 0.3) is 16.7 Å². The van der Waals surface area contributed by atoms with Gasteiger partial charge in [0.25, 0.3) is 0 Å². The van der Waals surface area contributed by atoms with Crippen LogP contribution in [0, 0.1) is 11.3 Å². The Balaban J connectivity index is 1.14. The van der Waals surface area contributed by atoms with Gasteiger partial charge < -0.3 is 5.32 Å². The van der Waals surface area contributed by atoms with Gasteiger partial charge in [-0.1, -0.05) is 112 Å². The topological polar surface area (TPSA) is 29.9 Å². The minimum Gasteiger partial charge on any atom is -0.307 e. The van der Waals surface area contributed by atoms with Crippen LogP contribution in [0.4, 0.5) is 0 Å². The Morgan fingerprint density at radius 3 is 2.17 bits per heavy atom. The first-order chi connectivity index (χ1) is 20.5. The van der Waals surface area contributed by atoms with E-state index < -0.39 is 7.92 Å². The Morgan fingerprint density at radius 2 is 1.52 bits per heavy atom. The lowest BCUT2D eigenvalue weighted by Crippen LogP contribution is -2.41. The van der Waals surface area contributed by atoms with Crippen LogP contribution < -0.4 is 15.9 Å². The molecule has 0 spiro atoms. The summed E-state index contributed by atoms with van der Waals surface area (Å²) in [5, 5.41) is 7.11. The average molecular weight is 570 g/mol. The van der Waals surface area contributed by atoms with Gasteiger partial charge in [-0.3, -0.25) is 4.57 Å². The Morgan fingerprint density at radius 1 is 0.857 bits per heavy atom. The Hall–Kier alpha value is -3.26. The van der Waals surface area contributed by atoms with E-state index in [2.05, 4.69) is 135 Å². The fourth-order valence-electron chi connectivity index (χ4n) is 8.49. The van der Waals surface area contributed by atoms with Gasteiger partial charge in [0.15, 0.2) is 0 Å². The fraction of sp³-hybridized carbons (Fsp3) is 0.342. The molecule has 8 rings (SSSR count). The van der Waals surface area contributed by atoms with Crippen molar-refractivity contribution in [2.45, 2.75) is 70.6 Å². The molecule has 42 heavy (non-hydrogen) atoms. The first-order valence-electron chi connectivity index (χ1n) is 15.8. The standard InChI is InChI=1S/C38H40N3P/c1-24(2)29-17-11-18-30-25(3)31-19-12-20-33-36(31)41(35(29)30)34(40-33)23-39-26(4)38-22-21-32(38)37(38)42(27-13-7-5-8-14-27)28-15-9-6-10-16-28/h5-20,24-26,32,37,39H,21-23H2,1-4H3/t25?,26-,32?,37+,38?/m0/s1. The fourth-order valence-corrected chi connectivity index (χ4v) is 12.1. The summed E-state index contributed by atoms with van der Waals surface area (Å²) in [5.41, 5.74) is 9.13. The summed E-state index contributed by atoms with van der Waals surface area (Å²) in [6.07, 6.45) is 2.69. The first kappa shape index (κ1) is 26.4. The molecule has 3 nitrogen and oxygen atoms in total. The van der Waals surface area contributed by atoms with Crippen molar-refractivity contribution in [2.75, 3.05) is 0 Å². The van der Waals surface area contributed by atoms with Gasteiger partial charge in [0.05, 0.1) is 23.3 Å². The van der Waals surface area contributed by atoms with Crippen molar-refractivity contribution in [3.8, 4) is 5.69 Å². The minimum absolute atomic E-state index is 0.364. The lowest BCUT2D eigenvalue weighted by molar-refractivity contribution is 0.217. The largest absolute Gasteiger partial charge is 0.307 e. The highest BCUT2D eigenvalue weighted by molar-refractivity contribution is 7.74. The van der Waals surface area contributed by atoms with Gasteiger partial charge in [0.1, 0.15) is 5.82 Å². The third-order valence-corrected chi connectivity index (χ3v) is 13.9. The molecule has 2 fully saturated rings.